The van der Waals surface area contributed by atoms with E-state index in [-0.39, 0.29) is 37.3 Å². The summed E-state index contributed by atoms with van der Waals surface area (Å²) in [6, 6.07) is 15.9. The van der Waals surface area contributed by atoms with Gasteiger partial charge < -0.3 is 19.5 Å². The van der Waals surface area contributed by atoms with Crippen LogP contribution in [0, 0.1) is 5.92 Å². The molecule has 1 fully saturated rings. The molecule has 2 aliphatic rings. The van der Waals surface area contributed by atoms with E-state index in [1.807, 2.05) is 48.5 Å². The molecule has 1 saturated heterocycles. The lowest BCUT2D eigenvalue weighted by atomic mass is 9.98. The molecule has 2 unspecified atom stereocenters. The molecular weight excluding hydrogens is 526 g/mol. The van der Waals surface area contributed by atoms with E-state index in [0.717, 1.165) is 41.5 Å². The Hall–Kier alpha value is -4.02. The van der Waals surface area contributed by atoms with E-state index in [0.29, 0.717) is 12.3 Å². The molecule has 0 bridgehead atoms. The smallest absolute Gasteiger partial charge is 0.433 e. The molecule has 0 spiro atoms. The van der Waals surface area contributed by atoms with E-state index in [1.165, 1.54) is 10.8 Å². The molecule has 41 heavy (non-hydrogen) atoms. The predicted molar refractivity (Wildman–Crippen MR) is 151 cm³/mol. The molecule has 10 nitrogen and oxygen atoms in total. The first-order chi connectivity index (χ1) is 19.8. The van der Waals surface area contributed by atoms with Crippen molar-refractivity contribution >= 4 is 12.1 Å². The topological polar surface area (TPSA) is 129 Å². The highest BCUT2D eigenvalue weighted by atomic mass is 16.7. The SMILES string of the molecule is CCC(C)CC1CC[C@H](n2cc(CNCC(=O)OC(=O)OCC3c4ccccc4-c4ccccc43)c(=O)[nH]c2=O)O1. The highest BCUT2D eigenvalue weighted by molar-refractivity contribution is 5.83. The number of nitrogens with zero attached hydrogens (tertiary/aromatic N) is 1. The summed E-state index contributed by atoms with van der Waals surface area (Å²) in [6.07, 6.45) is 3.49. The summed E-state index contributed by atoms with van der Waals surface area (Å²) >= 11 is 0. The first-order valence-electron chi connectivity index (χ1n) is 14.1. The van der Waals surface area contributed by atoms with Gasteiger partial charge in [-0.2, -0.15) is 0 Å². The number of esters is 1. The van der Waals surface area contributed by atoms with Crippen molar-refractivity contribution in [2.75, 3.05) is 13.2 Å². The second kappa shape index (κ2) is 12.7. The molecule has 0 amide bonds. The number of hydrogen-bond donors (Lipinski definition) is 2. The molecule has 2 N–H and O–H groups in total. The summed E-state index contributed by atoms with van der Waals surface area (Å²) in [6.45, 7) is 3.99. The lowest BCUT2D eigenvalue weighted by molar-refractivity contribution is -0.138. The molecular formula is C31H35N3O7. The van der Waals surface area contributed by atoms with Gasteiger partial charge in [-0.25, -0.2) is 9.59 Å². The Kier molecular flexibility index (Phi) is 8.80. The largest absolute Gasteiger partial charge is 0.516 e. The highest BCUT2D eigenvalue weighted by Gasteiger charge is 2.30. The summed E-state index contributed by atoms with van der Waals surface area (Å²) in [5.74, 6) is -0.474. The van der Waals surface area contributed by atoms with Gasteiger partial charge in [-0.05, 0) is 47.4 Å². The number of fused-ring (bicyclic) bond motifs is 3. The Morgan fingerprint density at radius 3 is 2.44 bits per heavy atom. The summed E-state index contributed by atoms with van der Waals surface area (Å²) in [5.41, 5.74) is 3.45. The van der Waals surface area contributed by atoms with Crippen LogP contribution in [-0.4, -0.2) is 40.9 Å². The van der Waals surface area contributed by atoms with E-state index < -0.39 is 29.6 Å². The quantitative estimate of drug-likeness (QED) is 0.278. The molecule has 2 heterocycles. The zero-order valence-electron chi connectivity index (χ0n) is 23.3. The van der Waals surface area contributed by atoms with Gasteiger partial charge in [0.15, 0.2) is 0 Å². The fourth-order valence-electron chi connectivity index (χ4n) is 5.60. The van der Waals surface area contributed by atoms with Gasteiger partial charge in [0.1, 0.15) is 12.8 Å². The van der Waals surface area contributed by atoms with Crippen LogP contribution in [0.2, 0.25) is 0 Å². The average Bonchev–Trinajstić information content (AvgIpc) is 3.55. The average molecular weight is 562 g/mol. The highest BCUT2D eigenvalue weighted by Crippen LogP contribution is 2.44. The minimum absolute atomic E-state index is 0.0155. The van der Waals surface area contributed by atoms with Gasteiger partial charge in [0.2, 0.25) is 0 Å². The number of H-pyrrole nitrogens is 1. The van der Waals surface area contributed by atoms with Crippen molar-refractivity contribution in [2.24, 2.45) is 5.92 Å². The van der Waals surface area contributed by atoms with Gasteiger partial charge in [0.05, 0.1) is 12.6 Å². The van der Waals surface area contributed by atoms with Crippen LogP contribution in [0.15, 0.2) is 64.3 Å². The number of aromatic amines is 1. The maximum absolute atomic E-state index is 12.4. The number of carbonyl (C=O) groups is 2. The number of aromatic nitrogens is 2. The molecule has 3 aromatic rings. The molecule has 2 aromatic carbocycles. The van der Waals surface area contributed by atoms with Crippen LogP contribution >= 0.6 is 0 Å². The Labute approximate surface area is 237 Å². The van der Waals surface area contributed by atoms with E-state index in [4.69, 9.17) is 14.2 Å². The fourth-order valence-corrected chi connectivity index (χ4v) is 5.60. The summed E-state index contributed by atoms with van der Waals surface area (Å²) in [4.78, 5) is 51.6. The molecule has 1 aliphatic carbocycles. The molecule has 3 atom stereocenters. The Morgan fingerprint density at radius 2 is 1.76 bits per heavy atom. The van der Waals surface area contributed by atoms with Gasteiger partial charge in [0, 0.05) is 24.2 Å². The third kappa shape index (κ3) is 6.49. The zero-order chi connectivity index (χ0) is 28.9. The standard InChI is InChI=1S/C31H35N3O7/c1-3-19(2)14-21-12-13-27(40-21)34-17-20(29(36)33-30(34)37)15-32-16-28(35)41-31(38)39-18-26-24-10-6-4-8-22(24)23-9-5-7-11-25(23)26/h4-11,17,19,21,26-27,32H,3,12-16,18H2,1-2H3,(H,33,36,37)/t19?,21?,27-/m1/s1. The van der Waals surface area contributed by atoms with Gasteiger partial charge in [-0.3, -0.25) is 19.1 Å². The van der Waals surface area contributed by atoms with Crippen molar-refractivity contribution in [3.8, 4) is 11.1 Å². The monoisotopic (exact) mass is 561 g/mol. The minimum Gasteiger partial charge on any atom is -0.433 e. The van der Waals surface area contributed by atoms with Crippen LogP contribution in [-0.2, 0) is 25.5 Å². The number of hydrogen-bond acceptors (Lipinski definition) is 8. The lowest BCUT2D eigenvalue weighted by Crippen LogP contribution is -2.36. The molecule has 1 aromatic heterocycles. The summed E-state index contributed by atoms with van der Waals surface area (Å²) in [5, 5.41) is 2.79. The molecule has 216 valence electrons. The van der Waals surface area contributed by atoms with Crippen molar-refractivity contribution in [2.45, 2.75) is 64.3 Å². The van der Waals surface area contributed by atoms with Gasteiger partial charge >= 0.3 is 17.8 Å². The first-order valence-corrected chi connectivity index (χ1v) is 14.1. The van der Waals surface area contributed by atoms with Crippen molar-refractivity contribution in [3.63, 3.8) is 0 Å². The third-order valence-corrected chi connectivity index (χ3v) is 7.91. The molecule has 10 heteroatoms. The second-order valence-electron chi connectivity index (χ2n) is 10.7. The van der Waals surface area contributed by atoms with Crippen LogP contribution in [0.1, 0.15) is 68.4 Å². The normalized spacial score (nSPS) is 18.5. The van der Waals surface area contributed by atoms with Crippen LogP contribution in [0.3, 0.4) is 0 Å². The van der Waals surface area contributed by atoms with E-state index in [2.05, 4.69) is 24.1 Å². The minimum atomic E-state index is -1.09. The van der Waals surface area contributed by atoms with Crippen LogP contribution in [0.4, 0.5) is 4.79 Å². The van der Waals surface area contributed by atoms with Crippen molar-refractivity contribution < 1.29 is 23.8 Å². The predicted octanol–water partition coefficient (Wildman–Crippen LogP) is 4.23. The van der Waals surface area contributed by atoms with Crippen LogP contribution in [0.25, 0.3) is 11.1 Å². The maximum atomic E-state index is 12.4. The number of rotatable bonds is 10. The van der Waals surface area contributed by atoms with Crippen molar-refractivity contribution in [3.05, 3.63) is 92.3 Å². The third-order valence-electron chi connectivity index (χ3n) is 7.91. The maximum Gasteiger partial charge on any atom is 0.516 e. The number of ether oxygens (including phenoxy) is 3. The number of carbonyl (C=O) groups excluding carboxylic acids is 2. The first kappa shape index (κ1) is 28.5. The Bertz CT molecular complexity index is 1480. The van der Waals surface area contributed by atoms with E-state index >= 15 is 0 Å². The summed E-state index contributed by atoms with van der Waals surface area (Å²) < 4.78 is 17.6. The van der Waals surface area contributed by atoms with Gasteiger partial charge in [-0.1, -0.05) is 68.8 Å². The van der Waals surface area contributed by atoms with Gasteiger partial charge in [-0.15, -0.1) is 0 Å². The van der Waals surface area contributed by atoms with Crippen molar-refractivity contribution in [1.29, 1.82) is 0 Å². The van der Waals surface area contributed by atoms with Gasteiger partial charge in [0.25, 0.3) is 5.56 Å². The molecule has 5 rings (SSSR count). The Morgan fingerprint density at radius 1 is 1.07 bits per heavy atom. The lowest BCUT2D eigenvalue weighted by Gasteiger charge is -2.18. The zero-order valence-corrected chi connectivity index (χ0v) is 23.3. The fraction of sp³-hybridized carbons (Fsp3) is 0.419. The van der Waals surface area contributed by atoms with Crippen LogP contribution < -0.4 is 16.6 Å². The Balaban J connectivity index is 1.11. The molecule has 1 aliphatic heterocycles. The van der Waals surface area contributed by atoms with E-state index in [9.17, 15) is 19.2 Å². The molecule has 0 saturated carbocycles. The van der Waals surface area contributed by atoms with E-state index in [1.54, 1.807) is 0 Å². The number of benzene rings is 2. The second-order valence-corrected chi connectivity index (χ2v) is 10.7. The molecule has 0 radical (unpaired) electrons. The summed E-state index contributed by atoms with van der Waals surface area (Å²) in [7, 11) is 0. The van der Waals surface area contributed by atoms with Crippen LogP contribution in [0.5, 0.6) is 0 Å². The number of nitrogens with one attached hydrogen (secondary N) is 2. The van der Waals surface area contributed by atoms with Crippen molar-refractivity contribution in [1.82, 2.24) is 14.9 Å².